The van der Waals surface area contributed by atoms with Gasteiger partial charge in [0.25, 0.3) is 30.4 Å². The number of nitrogens with zero attached hydrogens (tertiary/aromatic N) is 7. The average Bonchev–Trinajstić information content (AvgIpc) is 1.58. The Morgan fingerprint density at radius 1 is 0.600 bits per heavy atom. The van der Waals surface area contributed by atoms with Gasteiger partial charge in [0.2, 0.25) is 41.1 Å². The Balaban J connectivity index is 0.938. The lowest BCUT2D eigenvalue weighted by Crippen LogP contribution is -2.52. The van der Waals surface area contributed by atoms with Crippen molar-refractivity contribution in [2.75, 3.05) is 123 Å². The highest BCUT2D eigenvalue weighted by Crippen LogP contribution is 2.51. The van der Waals surface area contributed by atoms with Gasteiger partial charge in [-0.25, -0.2) is 0 Å². The van der Waals surface area contributed by atoms with E-state index in [4.69, 9.17) is 17.2 Å². The van der Waals surface area contributed by atoms with Gasteiger partial charge in [-0.2, -0.15) is 29.8 Å². The molecule has 8 rings (SSSR count). The zero-order chi connectivity index (χ0) is 99.5. The highest BCUT2D eigenvalue weighted by Gasteiger charge is 2.47. The molecule has 45 heteroatoms. The minimum atomic E-state index is -4.56. The fourth-order valence-corrected chi connectivity index (χ4v) is 18.8. The number of nitrogens with two attached hydrogens (primary N) is 3. The van der Waals surface area contributed by atoms with E-state index in [-0.39, 0.29) is 191 Å². The number of guanidine groups is 1. The predicted molar refractivity (Wildman–Crippen MR) is 499 cm³/mol. The van der Waals surface area contributed by atoms with Crippen molar-refractivity contribution >= 4 is 152 Å². The van der Waals surface area contributed by atoms with Gasteiger partial charge in [0, 0.05) is 157 Å². The zero-order valence-electron chi connectivity index (χ0n) is 76.6. The molecule has 2 saturated heterocycles. The van der Waals surface area contributed by atoms with E-state index in [0.717, 1.165) is 39.3 Å². The lowest BCUT2D eigenvalue weighted by molar-refractivity contribution is -0.438. The number of fused-ring (bicyclic) bond motifs is 6. The molecule has 0 aromatic heterocycles. The van der Waals surface area contributed by atoms with Gasteiger partial charge < -0.3 is 69.1 Å². The second kappa shape index (κ2) is 49.9. The van der Waals surface area contributed by atoms with Crippen LogP contribution in [0.4, 0.5) is 11.4 Å². The molecular weight excluding hydrogens is 1820 g/mol. The molecule has 4 heterocycles. The number of allylic oxidation sites excluding steroid dienone is 6. The summed E-state index contributed by atoms with van der Waals surface area (Å²) in [6.45, 7) is 9.81. The van der Waals surface area contributed by atoms with Crippen molar-refractivity contribution in [2.45, 2.75) is 200 Å². The first-order valence-corrected chi connectivity index (χ1v) is 49.3. The van der Waals surface area contributed by atoms with Crippen LogP contribution in [0.25, 0.3) is 21.5 Å². The molecule has 0 bridgehead atoms. The Labute approximate surface area is 784 Å². The maximum Gasteiger partial charge on any atom is 0.317 e. The monoisotopic (exact) mass is 1940 g/mol. The Bertz CT molecular complexity index is 5550. The fraction of sp³-hybridized carbons (Fsp3) is 0.544. The molecule has 6 atom stereocenters. The Hall–Kier alpha value is -11.4. The van der Waals surface area contributed by atoms with Gasteiger partial charge >= 0.3 is 23.9 Å². The Morgan fingerprint density at radius 2 is 1.16 bits per heavy atom. The summed E-state index contributed by atoms with van der Waals surface area (Å²) in [6.07, 6.45) is 9.12. The summed E-state index contributed by atoms with van der Waals surface area (Å²) in [4.78, 5) is 183. The largest absolute Gasteiger partial charge is 0.481 e. The van der Waals surface area contributed by atoms with E-state index in [0.29, 0.717) is 42.0 Å². The van der Waals surface area contributed by atoms with Gasteiger partial charge in [-0.05, 0) is 155 Å². The minimum Gasteiger partial charge on any atom is -0.481 e. The Morgan fingerprint density at radius 3 is 1.70 bits per heavy atom. The molecule has 0 aliphatic carbocycles. The normalized spacial score (nSPS) is 19.1. The molecule has 0 radical (unpaired) electrons. The molecule has 135 heavy (non-hydrogen) atoms. The molecule has 4 aliphatic rings. The number of anilines is 1. The maximum absolute atomic E-state index is 14.5. The topological polar surface area (TPSA) is 648 Å². The van der Waals surface area contributed by atoms with Crippen LogP contribution in [0.1, 0.15) is 161 Å². The number of primary amides is 1. The lowest BCUT2D eigenvalue weighted by Gasteiger charge is -2.32. The number of carboxylic acid groups (broad SMARTS) is 4. The number of amides is 6. The summed E-state index contributed by atoms with van der Waals surface area (Å²) < 4.78 is 106. The van der Waals surface area contributed by atoms with Crippen molar-refractivity contribution in [3.63, 3.8) is 0 Å². The van der Waals surface area contributed by atoms with Crippen molar-refractivity contribution in [3.05, 3.63) is 108 Å². The number of rotatable bonds is 48. The molecule has 6 amide bonds. The van der Waals surface area contributed by atoms with E-state index in [1.807, 2.05) is 69.0 Å². The number of Topliss-reactive ketones (excluding diaryl/α,β-unsaturated/α-hetero) is 3. The quantitative estimate of drug-likeness (QED) is 0.00753. The van der Waals surface area contributed by atoms with E-state index in [1.54, 1.807) is 49.9 Å². The van der Waals surface area contributed by atoms with E-state index in [9.17, 15) is 122 Å². The first-order valence-electron chi connectivity index (χ1n) is 44.9. The van der Waals surface area contributed by atoms with Crippen LogP contribution in [-0.4, -0.2) is 319 Å². The maximum atomic E-state index is 14.5. The number of carbonyl (C=O) groups excluding carboxylic acids is 9. The third-order valence-electron chi connectivity index (χ3n) is 24.6. The summed E-state index contributed by atoms with van der Waals surface area (Å²) >= 11 is 0. The standard InChI is InChI=1S/C90H126N16O26S3/c1-57(133(124,125)126)33-38-106-71-31-24-59-49-63(135(130,131)132)27-29-65(59)84(71)90(4,5)75(106)21-9-6-8-20-74-89(2,3)83-64-28-26-62(134(127,128)129)48-58(64)23-30-70(83)105(74)37-15-7-10-22-76(110)94-34-13-11-17-60(47-61(107)25-32-72(108)68-50-73(109)69(51-79(113)114)99-77(111)52-97-87(123)67(98-68)19-16-36-96-88(92)93)86(122)100-66(85(91)121)18-12-14-35-95-78(112)53-101-39-41-102(54-80(115)116)43-45-104(56-82(119)120)46-44-103(42-40-101)55-81(117)118/h6,8-9,20-21,23-24,26-31,48-49,57,60,66-69,98H,7,10-19,22,25,32-47,50-56H2,1-5H3,(H17-,91,92,93,94,95,96,97,99,100,110,111,112,113,114,115,116,117,118,119,120,121,122,123,124,125,126,127,128,129,130,131,132)/p+1/t57?,60-,66+,67+,68?,69+/m1/s1. The second-order valence-electron chi connectivity index (χ2n) is 35.5. The van der Waals surface area contributed by atoms with Crippen LogP contribution in [0.5, 0.6) is 0 Å². The number of aliphatic imine (C=N–C) groups is 1. The molecule has 0 spiro atoms. The molecule has 4 aromatic rings. The molecule has 740 valence electrons. The van der Waals surface area contributed by atoms with Gasteiger partial charge in [0.15, 0.2) is 23.2 Å². The van der Waals surface area contributed by atoms with Gasteiger partial charge in [0.1, 0.15) is 18.4 Å². The third-order valence-corrected chi connectivity index (χ3v) is 27.5. The van der Waals surface area contributed by atoms with Gasteiger partial charge in [-0.15, -0.1) is 0 Å². The van der Waals surface area contributed by atoms with Crippen molar-refractivity contribution in [1.29, 1.82) is 0 Å². The zero-order valence-corrected chi connectivity index (χ0v) is 79.0. The van der Waals surface area contributed by atoms with Crippen LogP contribution >= 0.6 is 0 Å². The number of hydrogen-bond acceptors (Lipinski definition) is 26. The molecule has 0 saturated carbocycles. The summed E-state index contributed by atoms with van der Waals surface area (Å²) in [7, 11) is -13.5. The Kier molecular flexibility index (Phi) is 40.3. The van der Waals surface area contributed by atoms with Crippen LogP contribution in [0.2, 0.25) is 0 Å². The van der Waals surface area contributed by atoms with Crippen molar-refractivity contribution in [2.24, 2.45) is 28.1 Å². The first kappa shape index (κ1) is 109. The first-order chi connectivity index (χ1) is 63.5. The van der Waals surface area contributed by atoms with Crippen LogP contribution in [0.3, 0.4) is 0 Å². The second-order valence-corrected chi connectivity index (χ2v) is 40.1. The lowest BCUT2D eigenvalue weighted by atomic mass is 9.79. The molecule has 4 aromatic carbocycles. The number of benzene rings is 4. The van der Waals surface area contributed by atoms with Crippen LogP contribution in [-0.2, 0) is 104 Å². The van der Waals surface area contributed by atoms with E-state index in [2.05, 4.69) is 41.5 Å². The molecular formula is C90H127N16O26S3+. The van der Waals surface area contributed by atoms with Crippen molar-refractivity contribution < 1.29 is 126 Å². The number of hydrogen-bond donors (Lipinski definition) is 16. The highest BCUT2D eigenvalue weighted by molar-refractivity contribution is 7.86. The number of carboxylic acids is 4. The molecule has 42 nitrogen and oxygen atoms in total. The smallest absolute Gasteiger partial charge is 0.317 e. The minimum absolute atomic E-state index is 0.00436. The van der Waals surface area contributed by atoms with Crippen LogP contribution in [0, 0.1) is 5.92 Å². The van der Waals surface area contributed by atoms with E-state index in [1.165, 1.54) is 31.2 Å². The number of unbranched alkanes of at least 4 members (excludes halogenated alkanes) is 4. The summed E-state index contributed by atoms with van der Waals surface area (Å²) in [5, 5.41) is 56.0. The highest BCUT2D eigenvalue weighted by atomic mass is 32.2. The summed E-state index contributed by atoms with van der Waals surface area (Å²) in [5.74, 6) is -12.5. The van der Waals surface area contributed by atoms with Crippen LogP contribution < -0.4 is 54.0 Å². The molecule has 4 aliphatic heterocycles. The van der Waals surface area contributed by atoms with Gasteiger partial charge in [-0.1, -0.05) is 56.7 Å². The number of aliphatic carboxylic acids is 4. The molecule has 2 fully saturated rings. The number of nitrogens with one attached hydrogen (secondary N) is 6. The fourth-order valence-electron chi connectivity index (χ4n) is 17.4. The predicted octanol–water partition coefficient (Wildman–Crippen LogP) is 2.26. The van der Waals surface area contributed by atoms with Crippen LogP contribution in [0.15, 0.2) is 112 Å². The number of ketones is 3. The number of carbonyl (C=O) groups is 13. The van der Waals surface area contributed by atoms with Crippen molar-refractivity contribution in [1.82, 2.24) is 51.5 Å². The van der Waals surface area contributed by atoms with E-state index >= 15 is 0 Å². The third kappa shape index (κ3) is 33.0. The molecule has 2 unspecified atom stereocenters. The van der Waals surface area contributed by atoms with E-state index < -0.39 is 186 Å². The van der Waals surface area contributed by atoms with Gasteiger partial charge in [0.05, 0.1) is 77.7 Å². The molecule has 19 N–H and O–H groups in total. The summed E-state index contributed by atoms with van der Waals surface area (Å²) in [5.41, 5.74) is 20.3. The van der Waals surface area contributed by atoms with Crippen molar-refractivity contribution in [3.8, 4) is 0 Å². The average molecular weight is 1950 g/mol. The summed E-state index contributed by atoms with van der Waals surface area (Å²) in [6, 6.07) is 10.2. The SMILES string of the molecule is CC(CCN1C(=CC=CC=CC2=[N+](CCCCCC(=O)NCCCC[C@H](CC(=O)CCC(=O)C3CC(=O)[C@H](CC(=O)O)NC(=O)CNC(=O)[C@H](CCCN=C(N)N)N3)C(=O)N[C@@H](CCCCNC(=O)CN3CCN(CC(=O)O)CCN(CC(=O)O)CCN(CC(=O)O)CC3)C(N)=O)c3ccc4cc(S(=O)(=O)O)ccc4c3C2(C)C)C(C)(C)c2c1ccc1cc(S(=O)(=O)O)ccc21)S(=O)(=O)O. The van der Waals surface area contributed by atoms with Gasteiger partial charge in [-0.3, -0.25) is 106 Å².